The van der Waals surface area contributed by atoms with Gasteiger partial charge in [-0.1, -0.05) is 25.1 Å². The molecular weight excluding hydrogens is 318 g/mol. The van der Waals surface area contributed by atoms with E-state index < -0.39 is 0 Å². The number of hydrogen-bond donors (Lipinski definition) is 2. The van der Waals surface area contributed by atoms with Gasteiger partial charge >= 0.3 is 5.97 Å². The second kappa shape index (κ2) is 7.34. The first-order valence-corrected chi connectivity index (χ1v) is 8.42. The smallest absolute Gasteiger partial charge is 0.344 e. The Kier molecular flexibility index (Phi) is 4.97. The highest BCUT2D eigenvalue weighted by Crippen LogP contribution is 2.35. The Labute approximate surface area is 147 Å². The van der Waals surface area contributed by atoms with Crippen LogP contribution >= 0.6 is 0 Å². The molecule has 0 aromatic heterocycles. The van der Waals surface area contributed by atoms with Crippen LogP contribution in [0.3, 0.4) is 0 Å². The summed E-state index contributed by atoms with van der Waals surface area (Å²) in [6, 6.07) is 13.7. The quantitative estimate of drug-likeness (QED) is 0.777. The lowest BCUT2D eigenvalue weighted by atomic mass is 10.2. The Morgan fingerprint density at radius 2 is 1.84 bits per heavy atom. The molecule has 0 radical (unpaired) electrons. The van der Waals surface area contributed by atoms with Crippen molar-refractivity contribution in [2.45, 2.75) is 33.3 Å². The number of para-hydroxylation sites is 2. The molecule has 1 heterocycles. The van der Waals surface area contributed by atoms with Crippen LogP contribution in [0.25, 0.3) is 0 Å². The summed E-state index contributed by atoms with van der Waals surface area (Å²) in [5.41, 5.74) is 10.4. The standard InChI is InChI=1S/C19H23N3O3/c1-4-14(3)25-19(23)12-24-18-10-9-13(2)11-17(18)22-20-15-7-5-6-8-16(15)21-22/h5-11,14,20-21H,4,12H2,1-3H3. The van der Waals surface area contributed by atoms with Crippen molar-refractivity contribution in [3.8, 4) is 5.75 Å². The highest BCUT2D eigenvalue weighted by atomic mass is 16.6. The highest BCUT2D eigenvalue weighted by Gasteiger charge is 2.21. The summed E-state index contributed by atoms with van der Waals surface area (Å²) in [6.45, 7) is 5.72. The predicted octanol–water partition coefficient (Wildman–Crippen LogP) is 3.89. The first kappa shape index (κ1) is 17.0. The summed E-state index contributed by atoms with van der Waals surface area (Å²) < 4.78 is 11.0. The monoisotopic (exact) mass is 341 g/mol. The Bertz CT molecular complexity index is 738. The number of hydrazine groups is 2. The number of aryl methyl sites for hydroxylation is 1. The second-order valence-corrected chi connectivity index (χ2v) is 6.07. The number of nitrogens with zero attached hydrogens (tertiary/aromatic N) is 1. The van der Waals surface area contributed by atoms with E-state index in [-0.39, 0.29) is 18.7 Å². The van der Waals surface area contributed by atoms with Gasteiger partial charge in [-0.3, -0.25) is 10.9 Å². The summed E-state index contributed by atoms with van der Waals surface area (Å²) in [4.78, 5) is 11.9. The van der Waals surface area contributed by atoms with E-state index in [0.717, 1.165) is 29.0 Å². The molecule has 0 fully saturated rings. The molecule has 3 rings (SSSR count). The minimum absolute atomic E-state index is 0.106. The third-order valence-corrected chi connectivity index (χ3v) is 4.00. The molecule has 0 amide bonds. The van der Waals surface area contributed by atoms with E-state index in [2.05, 4.69) is 10.9 Å². The molecule has 0 spiro atoms. The largest absolute Gasteiger partial charge is 0.480 e. The Hall–Kier alpha value is -2.89. The van der Waals surface area contributed by atoms with Gasteiger partial charge in [-0.15, -0.1) is 0 Å². The van der Waals surface area contributed by atoms with Gasteiger partial charge in [0.2, 0.25) is 0 Å². The van der Waals surface area contributed by atoms with Crippen LogP contribution in [-0.2, 0) is 9.53 Å². The number of fused-ring (bicyclic) bond motifs is 1. The number of nitrogens with one attached hydrogen (secondary N) is 2. The van der Waals surface area contributed by atoms with Gasteiger partial charge in [-0.2, -0.15) is 5.12 Å². The van der Waals surface area contributed by atoms with Gasteiger partial charge in [0.15, 0.2) is 6.61 Å². The van der Waals surface area contributed by atoms with Gasteiger partial charge in [0, 0.05) is 0 Å². The van der Waals surface area contributed by atoms with Crippen molar-refractivity contribution in [3.63, 3.8) is 0 Å². The molecule has 0 bridgehead atoms. The number of carbonyl (C=O) groups excluding carboxylic acids is 1. The minimum Gasteiger partial charge on any atom is -0.480 e. The van der Waals surface area contributed by atoms with E-state index in [1.165, 1.54) is 0 Å². The van der Waals surface area contributed by atoms with E-state index in [1.807, 2.05) is 63.2 Å². The first-order chi connectivity index (χ1) is 12.1. The molecule has 1 unspecified atom stereocenters. The van der Waals surface area contributed by atoms with Crippen LogP contribution in [0.1, 0.15) is 25.8 Å². The van der Waals surface area contributed by atoms with E-state index in [4.69, 9.17) is 9.47 Å². The van der Waals surface area contributed by atoms with Gasteiger partial charge in [-0.05, 0) is 50.1 Å². The zero-order valence-electron chi connectivity index (χ0n) is 14.7. The second-order valence-electron chi connectivity index (χ2n) is 6.07. The van der Waals surface area contributed by atoms with Crippen molar-refractivity contribution in [2.75, 3.05) is 22.6 Å². The van der Waals surface area contributed by atoms with Gasteiger partial charge in [0.05, 0.1) is 17.5 Å². The molecule has 0 saturated carbocycles. The average molecular weight is 341 g/mol. The van der Waals surface area contributed by atoms with E-state index in [0.29, 0.717) is 5.75 Å². The molecule has 6 heteroatoms. The van der Waals surface area contributed by atoms with E-state index in [9.17, 15) is 4.79 Å². The number of esters is 1. The zero-order valence-corrected chi connectivity index (χ0v) is 14.7. The number of ether oxygens (including phenoxy) is 2. The SMILES string of the molecule is CCC(C)OC(=O)COc1ccc(C)cc1N1Nc2ccccc2N1. The fraction of sp³-hybridized carbons (Fsp3) is 0.316. The summed E-state index contributed by atoms with van der Waals surface area (Å²) in [5.74, 6) is 0.228. The van der Waals surface area contributed by atoms with Gasteiger partial charge in [0.1, 0.15) is 11.4 Å². The molecule has 1 aliphatic heterocycles. The van der Waals surface area contributed by atoms with Crippen molar-refractivity contribution in [3.05, 3.63) is 48.0 Å². The van der Waals surface area contributed by atoms with E-state index in [1.54, 1.807) is 5.12 Å². The third kappa shape index (κ3) is 3.96. The summed E-state index contributed by atoms with van der Waals surface area (Å²) in [6.07, 6.45) is 0.673. The number of rotatable bonds is 6. The van der Waals surface area contributed by atoms with Crippen LogP contribution in [0, 0.1) is 6.92 Å². The lowest BCUT2D eigenvalue weighted by molar-refractivity contribution is -0.150. The molecule has 25 heavy (non-hydrogen) atoms. The fourth-order valence-corrected chi connectivity index (χ4v) is 2.47. The normalized spacial score (nSPS) is 13.5. The molecule has 0 aliphatic carbocycles. The van der Waals surface area contributed by atoms with E-state index >= 15 is 0 Å². The minimum atomic E-state index is -0.369. The third-order valence-electron chi connectivity index (χ3n) is 4.00. The van der Waals surface area contributed by atoms with Crippen molar-refractivity contribution >= 4 is 23.0 Å². The molecule has 0 saturated heterocycles. The molecule has 2 aromatic rings. The summed E-state index contributed by atoms with van der Waals surface area (Å²) in [7, 11) is 0. The van der Waals surface area contributed by atoms with Crippen LogP contribution in [-0.4, -0.2) is 18.7 Å². The Morgan fingerprint density at radius 1 is 1.16 bits per heavy atom. The molecule has 1 aliphatic rings. The summed E-state index contributed by atoms with van der Waals surface area (Å²) in [5, 5.41) is 1.78. The number of anilines is 3. The van der Waals surface area contributed by atoms with Gasteiger partial charge < -0.3 is 9.47 Å². The maximum atomic E-state index is 11.9. The number of carbonyl (C=O) groups is 1. The van der Waals surface area contributed by atoms with Crippen molar-refractivity contribution in [1.29, 1.82) is 0 Å². The average Bonchev–Trinajstić information content (AvgIpc) is 3.04. The highest BCUT2D eigenvalue weighted by molar-refractivity contribution is 5.81. The first-order valence-electron chi connectivity index (χ1n) is 8.42. The van der Waals surface area contributed by atoms with Crippen LogP contribution in [0.5, 0.6) is 5.75 Å². The van der Waals surface area contributed by atoms with Crippen molar-refractivity contribution in [1.82, 2.24) is 0 Å². The molecular formula is C19H23N3O3. The van der Waals surface area contributed by atoms with Crippen LogP contribution in [0.15, 0.2) is 42.5 Å². The molecule has 2 N–H and O–H groups in total. The molecule has 132 valence electrons. The van der Waals surface area contributed by atoms with Crippen molar-refractivity contribution < 1.29 is 14.3 Å². The zero-order chi connectivity index (χ0) is 17.8. The maximum absolute atomic E-state index is 11.9. The number of benzene rings is 2. The van der Waals surface area contributed by atoms with Crippen LogP contribution in [0.4, 0.5) is 17.1 Å². The van der Waals surface area contributed by atoms with Gasteiger partial charge in [-0.25, -0.2) is 4.79 Å². The van der Waals surface area contributed by atoms with Gasteiger partial charge in [0.25, 0.3) is 0 Å². The topological polar surface area (TPSA) is 62.8 Å². The van der Waals surface area contributed by atoms with Crippen LogP contribution in [0.2, 0.25) is 0 Å². The Morgan fingerprint density at radius 3 is 2.48 bits per heavy atom. The Balaban J connectivity index is 1.72. The molecule has 6 nitrogen and oxygen atoms in total. The fourth-order valence-electron chi connectivity index (χ4n) is 2.47. The molecule has 1 atom stereocenters. The number of hydrogen-bond acceptors (Lipinski definition) is 6. The lowest BCUT2D eigenvalue weighted by Gasteiger charge is -2.22. The van der Waals surface area contributed by atoms with Crippen LogP contribution < -0.4 is 20.7 Å². The summed E-state index contributed by atoms with van der Waals surface area (Å²) >= 11 is 0. The predicted molar refractivity (Wildman–Crippen MR) is 98.7 cm³/mol. The molecule has 2 aromatic carbocycles. The van der Waals surface area contributed by atoms with Crippen molar-refractivity contribution in [2.24, 2.45) is 0 Å². The maximum Gasteiger partial charge on any atom is 0.344 e. The lowest BCUT2D eigenvalue weighted by Crippen LogP contribution is -2.30.